The molecular formula is C26H26O5. The molecule has 5 heteroatoms. The van der Waals surface area contributed by atoms with E-state index in [4.69, 9.17) is 9.47 Å². The van der Waals surface area contributed by atoms with Crippen LogP contribution in [0.2, 0.25) is 0 Å². The molecule has 2 aromatic carbocycles. The lowest BCUT2D eigenvalue weighted by Gasteiger charge is -2.55. The minimum atomic E-state index is -1.31. The first-order valence-corrected chi connectivity index (χ1v) is 11.3. The number of hydrogen-bond donors (Lipinski definition) is 1. The van der Waals surface area contributed by atoms with Crippen molar-refractivity contribution in [3.63, 3.8) is 0 Å². The molecular weight excluding hydrogens is 392 g/mol. The molecule has 0 unspecified atom stereocenters. The summed E-state index contributed by atoms with van der Waals surface area (Å²) in [6, 6.07) is 19.3. The van der Waals surface area contributed by atoms with Crippen LogP contribution in [0.1, 0.15) is 36.8 Å². The van der Waals surface area contributed by atoms with Crippen molar-refractivity contribution in [1.82, 2.24) is 0 Å². The Morgan fingerprint density at radius 3 is 2.29 bits per heavy atom. The number of benzene rings is 2. The van der Waals surface area contributed by atoms with Gasteiger partial charge in [-0.05, 0) is 36.8 Å². The summed E-state index contributed by atoms with van der Waals surface area (Å²) < 4.78 is 13.0. The third kappa shape index (κ3) is 2.03. The van der Waals surface area contributed by atoms with Crippen LogP contribution in [0.15, 0.2) is 60.7 Å². The van der Waals surface area contributed by atoms with Gasteiger partial charge in [0, 0.05) is 19.1 Å². The second kappa shape index (κ2) is 6.58. The van der Waals surface area contributed by atoms with Gasteiger partial charge in [0.25, 0.3) is 0 Å². The molecule has 2 aliphatic carbocycles. The van der Waals surface area contributed by atoms with Crippen LogP contribution in [0.4, 0.5) is 0 Å². The van der Waals surface area contributed by atoms with Crippen molar-refractivity contribution in [2.45, 2.75) is 54.3 Å². The third-order valence-corrected chi connectivity index (χ3v) is 8.16. The molecule has 0 aromatic heterocycles. The number of Topliss-reactive ketones (excluding diaryl/α,β-unsaturated/α-hetero) is 2. The fourth-order valence-electron chi connectivity index (χ4n) is 7.18. The number of ketones is 2. The first-order valence-electron chi connectivity index (χ1n) is 11.3. The number of aliphatic hydroxyl groups excluding tert-OH is 1. The minimum absolute atomic E-state index is 0.0330. The molecule has 4 bridgehead atoms. The molecule has 1 spiro atoms. The van der Waals surface area contributed by atoms with Gasteiger partial charge in [-0.25, -0.2) is 0 Å². The normalized spacial score (nSPS) is 40.4. The number of carbonyl (C=O) groups is 2. The number of hydrogen-bond acceptors (Lipinski definition) is 5. The van der Waals surface area contributed by atoms with E-state index in [1.165, 1.54) is 0 Å². The van der Waals surface area contributed by atoms with Gasteiger partial charge < -0.3 is 14.6 Å². The molecule has 7 rings (SSSR count). The van der Waals surface area contributed by atoms with Gasteiger partial charge in [-0.2, -0.15) is 0 Å². The number of ether oxygens (including phenoxy) is 2. The van der Waals surface area contributed by atoms with Crippen LogP contribution < -0.4 is 0 Å². The Labute approximate surface area is 181 Å². The quantitative estimate of drug-likeness (QED) is 0.756. The molecule has 160 valence electrons. The summed E-state index contributed by atoms with van der Waals surface area (Å²) in [5.74, 6) is -0.447. The van der Waals surface area contributed by atoms with Crippen LogP contribution in [-0.2, 0) is 29.9 Å². The van der Waals surface area contributed by atoms with Crippen molar-refractivity contribution in [2.75, 3.05) is 13.2 Å². The fourth-order valence-corrected chi connectivity index (χ4v) is 7.18. The molecule has 6 atom stereocenters. The number of rotatable bonds is 5. The maximum Gasteiger partial charge on any atom is 0.187 e. The Kier molecular flexibility index (Phi) is 4.11. The first-order chi connectivity index (χ1) is 15.1. The predicted molar refractivity (Wildman–Crippen MR) is 113 cm³/mol. The summed E-state index contributed by atoms with van der Waals surface area (Å²) in [6.07, 6.45) is 1.29. The highest BCUT2D eigenvalue weighted by Crippen LogP contribution is 2.71. The SMILES string of the molecule is O=C1[C@]2(c3ccccc3)C(=O)[C@]34CCCO[C@@H]3[C@@]1(c1ccccc1)[C@@H](CCCO)[C@H]2O4. The Morgan fingerprint density at radius 1 is 0.935 bits per heavy atom. The Morgan fingerprint density at radius 2 is 1.61 bits per heavy atom. The van der Waals surface area contributed by atoms with E-state index in [9.17, 15) is 14.7 Å². The van der Waals surface area contributed by atoms with Crippen molar-refractivity contribution < 1.29 is 24.2 Å². The molecule has 5 aliphatic rings. The van der Waals surface area contributed by atoms with Crippen molar-refractivity contribution in [1.29, 1.82) is 0 Å². The van der Waals surface area contributed by atoms with E-state index >= 15 is 0 Å². The average molecular weight is 418 g/mol. The summed E-state index contributed by atoms with van der Waals surface area (Å²) >= 11 is 0. The third-order valence-electron chi connectivity index (χ3n) is 8.16. The predicted octanol–water partition coefficient (Wildman–Crippen LogP) is 2.73. The molecule has 3 heterocycles. The van der Waals surface area contributed by atoms with Gasteiger partial charge >= 0.3 is 0 Å². The molecule has 1 N–H and O–H groups in total. The van der Waals surface area contributed by atoms with Gasteiger partial charge in [0.1, 0.15) is 11.5 Å². The fraction of sp³-hybridized carbons (Fsp3) is 0.462. The average Bonchev–Trinajstić information content (AvgIpc) is 3.13. The summed E-state index contributed by atoms with van der Waals surface area (Å²) in [7, 11) is 0. The summed E-state index contributed by atoms with van der Waals surface area (Å²) in [5.41, 5.74) is -1.73. The second-order valence-electron chi connectivity index (χ2n) is 9.32. The van der Waals surface area contributed by atoms with Crippen LogP contribution in [-0.4, -0.2) is 47.7 Å². The Hall–Kier alpha value is -2.34. The smallest absolute Gasteiger partial charge is 0.187 e. The van der Waals surface area contributed by atoms with Crippen LogP contribution in [0.25, 0.3) is 0 Å². The van der Waals surface area contributed by atoms with Gasteiger partial charge in [-0.15, -0.1) is 0 Å². The first kappa shape index (κ1) is 19.4. The summed E-state index contributed by atoms with van der Waals surface area (Å²) in [6.45, 7) is 0.547. The van der Waals surface area contributed by atoms with E-state index in [0.29, 0.717) is 25.9 Å². The van der Waals surface area contributed by atoms with E-state index in [2.05, 4.69) is 0 Å². The summed E-state index contributed by atoms with van der Waals surface area (Å²) in [4.78, 5) is 28.9. The lowest BCUT2D eigenvalue weighted by molar-refractivity contribution is -0.233. The molecule has 2 aromatic rings. The maximum atomic E-state index is 14.7. The molecule has 31 heavy (non-hydrogen) atoms. The monoisotopic (exact) mass is 418 g/mol. The number of aliphatic hydroxyl groups is 1. The van der Waals surface area contributed by atoms with E-state index < -0.39 is 28.6 Å². The van der Waals surface area contributed by atoms with Crippen LogP contribution >= 0.6 is 0 Å². The minimum Gasteiger partial charge on any atom is -0.396 e. The highest BCUT2D eigenvalue weighted by Gasteiger charge is 2.89. The lowest BCUT2D eigenvalue weighted by atomic mass is 9.53. The Bertz CT molecular complexity index is 1040. The van der Waals surface area contributed by atoms with Crippen molar-refractivity contribution in [3.8, 4) is 0 Å². The zero-order valence-electron chi connectivity index (χ0n) is 17.3. The van der Waals surface area contributed by atoms with Gasteiger partial charge in [0.2, 0.25) is 0 Å². The Balaban J connectivity index is 1.67. The van der Waals surface area contributed by atoms with Crippen LogP contribution in [0, 0.1) is 5.92 Å². The zero-order valence-corrected chi connectivity index (χ0v) is 17.3. The number of carbonyl (C=O) groups excluding carboxylic acids is 2. The van der Waals surface area contributed by atoms with E-state index in [-0.39, 0.29) is 24.1 Å². The highest BCUT2D eigenvalue weighted by atomic mass is 16.6. The van der Waals surface area contributed by atoms with Gasteiger partial charge in [-0.1, -0.05) is 60.7 Å². The maximum absolute atomic E-state index is 14.7. The second-order valence-corrected chi connectivity index (χ2v) is 9.32. The van der Waals surface area contributed by atoms with Crippen molar-refractivity contribution >= 4 is 11.6 Å². The highest BCUT2D eigenvalue weighted by molar-refractivity contribution is 6.26. The molecule has 5 nitrogen and oxygen atoms in total. The van der Waals surface area contributed by atoms with E-state index in [1.54, 1.807) is 0 Å². The largest absolute Gasteiger partial charge is 0.396 e. The standard InChI is InChI=1S/C26H26O5/c27-15-7-13-19-20-26(18-11-5-2-6-12-18)21(28)24(31-20)14-8-16-30-23(24)25(19,22(26)29)17-9-3-1-4-10-17/h1-6,9-12,19-20,23,27H,7-8,13-16H2/t19-,20+,23-,24+,25-,26-/m0/s1. The van der Waals surface area contributed by atoms with Crippen molar-refractivity contribution in [2.24, 2.45) is 5.92 Å². The van der Waals surface area contributed by atoms with Gasteiger partial charge in [0.15, 0.2) is 17.2 Å². The molecule has 5 fully saturated rings. The van der Waals surface area contributed by atoms with Crippen LogP contribution in [0.3, 0.4) is 0 Å². The lowest BCUT2D eigenvalue weighted by Crippen LogP contribution is -2.72. The zero-order chi connectivity index (χ0) is 21.3. The molecule has 3 aliphatic heterocycles. The summed E-state index contributed by atoms with van der Waals surface area (Å²) in [5, 5.41) is 9.63. The van der Waals surface area contributed by atoms with Gasteiger partial charge in [-0.3, -0.25) is 9.59 Å². The van der Waals surface area contributed by atoms with Crippen LogP contribution in [0.5, 0.6) is 0 Å². The molecule has 3 saturated heterocycles. The molecule has 0 radical (unpaired) electrons. The topological polar surface area (TPSA) is 72.8 Å². The van der Waals surface area contributed by atoms with Crippen molar-refractivity contribution in [3.05, 3.63) is 71.8 Å². The molecule has 2 saturated carbocycles. The van der Waals surface area contributed by atoms with Gasteiger partial charge in [0.05, 0.1) is 11.5 Å². The van der Waals surface area contributed by atoms with E-state index in [1.807, 2.05) is 60.7 Å². The van der Waals surface area contributed by atoms with E-state index in [0.717, 1.165) is 17.5 Å². The molecule has 0 amide bonds.